The van der Waals surface area contributed by atoms with Gasteiger partial charge in [0.15, 0.2) is 0 Å². The zero-order chi connectivity index (χ0) is 25.4. The van der Waals surface area contributed by atoms with Crippen molar-refractivity contribution >= 4 is 7.82 Å². The fourth-order valence-corrected chi connectivity index (χ4v) is 4.09. The predicted molar refractivity (Wildman–Crippen MR) is 118 cm³/mol. The molecule has 0 saturated heterocycles. The van der Waals surface area contributed by atoms with Crippen LogP contribution in [0.15, 0.2) is 47.1 Å². The molecule has 0 heterocycles. The molecule has 0 aromatic rings. The largest absolute Gasteiger partial charge is 0.469 e. The molecule has 0 bridgehead atoms. The number of ether oxygens (including phenoxy) is 1. The Morgan fingerprint density at radius 3 is 2.56 bits per heavy atom. The van der Waals surface area contributed by atoms with Crippen LogP contribution >= 0.6 is 7.82 Å². The minimum atomic E-state index is -4.80. The molecule has 0 spiro atoms. The number of phosphoric ester groups is 1. The van der Waals surface area contributed by atoms with Crippen molar-refractivity contribution in [3.05, 3.63) is 47.1 Å². The Bertz CT molecular complexity index is 919. The summed E-state index contributed by atoms with van der Waals surface area (Å²) in [7, 11) is -4.80. The highest BCUT2D eigenvalue weighted by Gasteiger charge is 2.40. The van der Waals surface area contributed by atoms with Crippen molar-refractivity contribution in [2.24, 2.45) is 11.7 Å². The van der Waals surface area contributed by atoms with Crippen molar-refractivity contribution in [1.82, 2.24) is 0 Å². The molecular formula is C22H30F3N2O6P. The molecule has 0 aliphatic heterocycles. The Morgan fingerprint density at radius 2 is 2.00 bits per heavy atom. The fourth-order valence-electron chi connectivity index (χ4n) is 3.67. The fraction of sp³-hybridized carbons (Fsp3) is 0.591. The highest BCUT2D eigenvalue weighted by atomic mass is 31.2. The Labute approximate surface area is 196 Å². The van der Waals surface area contributed by atoms with E-state index in [1.54, 1.807) is 12.2 Å². The molecule has 3 atom stereocenters. The summed E-state index contributed by atoms with van der Waals surface area (Å²) in [6.07, 6.45) is 4.50. The summed E-state index contributed by atoms with van der Waals surface area (Å²) in [6.45, 7) is -1.14. The van der Waals surface area contributed by atoms with Crippen molar-refractivity contribution < 1.29 is 41.9 Å². The van der Waals surface area contributed by atoms with Gasteiger partial charge in [0.2, 0.25) is 0 Å². The summed E-state index contributed by atoms with van der Waals surface area (Å²) in [5.41, 5.74) is 4.53. The number of rotatable bonds is 12. The van der Waals surface area contributed by atoms with Crippen molar-refractivity contribution in [1.29, 1.82) is 5.26 Å². The minimum absolute atomic E-state index is 0.0218. The Kier molecular flexibility index (Phi) is 10.3. The van der Waals surface area contributed by atoms with Crippen LogP contribution in [0.1, 0.15) is 38.5 Å². The van der Waals surface area contributed by atoms with Gasteiger partial charge in [-0.2, -0.15) is 18.4 Å². The first-order chi connectivity index (χ1) is 15.8. The first-order valence-electron chi connectivity index (χ1n) is 10.8. The minimum Gasteiger partial charge on any atom is -0.394 e. The molecule has 8 nitrogen and oxygen atoms in total. The lowest BCUT2D eigenvalue weighted by Crippen LogP contribution is -2.48. The van der Waals surface area contributed by atoms with Gasteiger partial charge in [-0.3, -0.25) is 4.52 Å². The molecule has 0 amide bonds. The van der Waals surface area contributed by atoms with E-state index >= 15 is 0 Å². The van der Waals surface area contributed by atoms with Crippen molar-refractivity contribution in [3.63, 3.8) is 0 Å². The van der Waals surface area contributed by atoms with E-state index in [2.05, 4.69) is 10.6 Å². The normalized spacial score (nSPS) is 22.9. The van der Waals surface area contributed by atoms with Gasteiger partial charge >= 0.3 is 14.0 Å². The molecule has 0 saturated carbocycles. The van der Waals surface area contributed by atoms with Crippen LogP contribution in [0.3, 0.4) is 0 Å². The zero-order valence-electron chi connectivity index (χ0n) is 18.6. The summed E-state index contributed by atoms with van der Waals surface area (Å²) in [5, 5.41) is 18.3. The number of halogens is 3. The van der Waals surface area contributed by atoms with Crippen LogP contribution in [0.4, 0.5) is 13.2 Å². The molecule has 190 valence electrons. The maximum absolute atomic E-state index is 13.6. The van der Waals surface area contributed by atoms with Gasteiger partial charge in [0, 0.05) is 12.2 Å². The third-order valence-electron chi connectivity index (χ3n) is 5.71. The lowest BCUT2D eigenvalue weighted by molar-refractivity contribution is -0.111. The predicted octanol–water partition coefficient (Wildman–Crippen LogP) is 3.58. The van der Waals surface area contributed by atoms with Gasteiger partial charge in [-0.1, -0.05) is 23.8 Å². The maximum atomic E-state index is 13.6. The van der Waals surface area contributed by atoms with E-state index in [0.717, 1.165) is 18.9 Å². The van der Waals surface area contributed by atoms with Crippen LogP contribution in [0.25, 0.3) is 0 Å². The lowest BCUT2D eigenvalue weighted by Gasteiger charge is -2.29. The molecule has 0 aromatic heterocycles. The van der Waals surface area contributed by atoms with Crippen molar-refractivity contribution in [3.8, 4) is 6.07 Å². The van der Waals surface area contributed by atoms with Gasteiger partial charge in [-0.15, -0.1) is 0 Å². The number of allylic oxidation sites excluding steroid dienone is 6. The number of nitrogens with zero attached hydrogens (tertiary/aromatic N) is 1. The summed E-state index contributed by atoms with van der Waals surface area (Å²) in [5.74, 6) is 0.230. The molecule has 34 heavy (non-hydrogen) atoms. The molecule has 2 aliphatic carbocycles. The van der Waals surface area contributed by atoms with Crippen LogP contribution < -0.4 is 5.73 Å². The third-order valence-corrected chi connectivity index (χ3v) is 6.18. The van der Waals surface area contributed by atoms with Crippen LogP contribution in [-0.2, 0) is 13.8 Å². The standard InChI is InChI=1S/C22H30F3N2O6P/c23-22(24,25)19-12-17(9-10-21(27,14-28)15-33-34(29,30)31)7-8-20(19)32-11-1-2-16-3-5-18(13-26)6-4-16/h3,5-7,12,16,20,28H,1-2,4,8-11,14-15,27H2,(H2,29,30,31). The molecule has 2 rings (SSSR count). The first kappa shape index (κ1) is 28.5. The van der Waals surface area contributed by atoms with Gasteiger partial charge in [-0.05, 0) is 56.6 Å². The van der Waals surface area contributed by atoms with Gasteiger partial charge < -0.3 is 25.4 Å². The average Bonchev–Trinajstić information content (AvgIpc) is 2.79. The lowest BCUT2D eigenvalue weighted by atomic mass is 9.89. The third kappa shape index (κ3) is 9.47. The summed E-state index contributed by atoms with van der Waals surface area (Å²) in [4.78, 5) is 17.6. The number of alkyl halides is 3. The molecule has 0 fully saturated rings. The molecule has 2 aliphatic rings. The Morgan fingerprint density at radius 1 is 1.26 bits per heavy atom. The van der Waals surface area contributed by atoms with E-state index < -0.39 is 44.4 Å². The Hall–Kier alpha value is -1.77. The maximum Gasteiger partial charge on any atom is 0.469 e. The van der Waals surface area contributed by atoms with E-state index in [0.29, 0.717) is 17.6 Å². The molecule has 3 unspecified atom stereocenters. The van der Waals surface area contributed by atoms with E-state index in [9.17, 15) is 22.8 Å². The highest BCUT2D eigenvalue weighted by Crippen LogP contribution is 2.38. The Balaban J connectivity index is 1.89. The monoisotopic (exact) mass is 506 g/mol. The number of nitrogens with two attached hydrogens (primary N) is 1. The van der Waals surface area contributed by atoms with Crippen LogP contribution in [0.5, 0.6) is 0 Å². The number of aliphatic hydroxyl groups excluding tert-OH is 1. The van der Waals surface area contributed by atoms with Gasteiger partial charge in [0.1, 0.15) is 0 Å². The second-order valence-corrected chi connectivity index (χ2v) is 9.76. The SMILES string of the molecule is N#CC1=CCC(CCCOC2CC=C(CCC(N)(CO)COP(=O)(O)O)C=C2C(F)(F)F)C=C1. The van der Waals surface area contributed by atoms with Crippen molar-refractivity contribution in [2.45, 2.75) is 56.3 Å². The second kappa shape index (κ2) is 12.3. The number of phosphoric acid groups is 1. The van der Waals surface area contributed by atoms with Crippen LogP contribution in [0.2, 0.25) is 0 Å². The van der Waals surface area contributed by atoms with Crippen LogP contribution in [0, 0.1) is 17.2 Å². The van der Waals surface area contributed by atoms with Crippen LogP contribution in [-0.4, -0.2) is 52.5 Å². The van der Waals surface area contributed by atoms with E-state index in [1.807, 2.05) is 12.2 Å². The van der Waals surface area contributed by atoms with E-state index in [-0.39, 0.29) is 31.8 Å². The number of hydrogen-bond acceptors (Lipinski definition) is 6. The van der Waals surface area contributed by atoms with E-state index in [1.165, 1.54) is 0 Å². The quantitative estimate of drug-likeness (QED) is 0.232. The number of hydrogen-bond donors (Lipinski definition) is 4. The molecular weight excluding hydrogens is 476 g/mol. The van der Waals surface area contributed by atoms with Gasteiger partial charge in [-0.25, -0.2) is 4.57 Å². The molecule has 12 heteroatoms. The summed E-state index contributed by atoms with van der Waals surface area (Å²) >= 11 is 0. The zero-order valence-corrected chi connectivity index (χ0v) is 19.5. The van der Waals surface area contributed by atoms with Gasteiger partial charge in [0.05, 0.1) is 36.5 Å². The molecule has 5 N–H and O–H groups in total. The topological polar surface area (TPSA) is 146 Å². The molecule has 0 aromatic carbocycles. The number of aliphatic hydroxyl groups is 1. The summed E-state index contributed by atoms with van der Waals surface area (Å²) < 4.78 is 61.7. The first-order valence-corrected chi connectivity index (χ1v) is 12.4. The average molecular weight is 506 g/mol. The highest BCUT2D eigenvalue weighted by molar-refractivity contribution is 7.46. The summed E-state index contributed by atoms with van der Waals surface area (Å²) in [6, 6.07) is 2.06. The molecule has 0 radical (unpaired) electrons. The van der Waals surface area contributed by atoms with E-state index in [4.69, 9.17) is 25.5 Å². The number of nitriles is 1. The van der Waals surface area contributed by atoms with Crippen molar-refractivity contribution in [2.75, 3.05) is 19.8 Å². The van der Waals surface area contributed by atoms with Gasteiger partial charge in [0.25, 0.3) is 0 Å². The smallest absolute Gasteiger partial charge is 0.394 e. The second-order valence-electron chi connectivity index (χ2n) is 8.52.